The first-order valence-electron chi connectivity index (χ1n) is 9.41. The zero-order valence-electron chi connectivity index (χ0n) is 17.4. The number of rotatable bonds is 7. The summed E-state index contributed by atoms with van der Waals surface area (Å²) in [6.07, 6.45) is -4.70. The highest BCUT2D eigenvalue weighted by Gasteiger charge is 2.42. The van der Waals surface area contributed by atoms with Crippen molar-refractivity contribution in [2.75, 3.05) is 12.5 Å². The molecule has 1 N–H and O–H groups in total. The second-order valence-electron chi connectivity index (χ2n) is 6.78. The number of methoxy groups -OCH3 is 1. The Morgan fingerprint density at radius 2 is 1.63 bits per heavy atom. The molecule has 35 heavy (non-hydrogen) atoms. The maximum atomic E-state index is 14.0. The fourth-order valence-electron chi connectivity index (χ4n) is 2.88. The largest absolute Gasteiger partial charge is 0.493 e. The SMILES string of the molecule is COc1cccc(/C=N\Nc2c(F)c(F)c(C(F)(F)F)c(F)c2F)c1OCc1ccc(Cl)cc1Cl. The lowest BCUT2D eigenvalue weighted by atomic mass is 10.1. The Balaban J connectivity index is 1.90. The summed E-state index contributed by atoms with van der Waals surface area (Å²) in [6.45, 7) is -0.0524. The maximum absolute atomic E-state index is 14.0. The Kier molecular flexibility index (Phi) is 8.01. The standard InChI is InChI=1S/C22H13Cl2F7N2O2/c1-34-14-4-2-3-10(21(14)35-9-11-5-6-12(23)7-13(11)24)8-32-33-20-18(27)16(25)15(22(29,30)31)17(26)19(20)28/h2-8,33H,9H2,1H3/b32-8-. The van der Waals surface area contributed by atoms with E-state index in [1.54, 1.807) is 17.6 Å². The van der Waals surface area contributed by atoms with Gasteiger partial charge in [-0.2, -0.15) is 18.3 Å². The molecule has 0 atom stereocenters. The van der Waals surface area contributed by atoms with Crippen molar-refractivity contribution < 1.29 is 40.2 Å². The molecular formula is C22H13Cl2F7N2O2. The number of hydrogen-bond acceptors (Lipinski definition) is 4. The zero-order valence-corrected chi connectivity index (χ0v) is 18.9. The predicted molar refractivity (Wildman–Crippen MR) is 116 cm³/mol. The van der Waals surface area contributed by atoms with Gasteiger partial charge in [0.15, 0.2) is 34.8 Å². The summed E-state index contributed by atoms with van der Waals surface area (Å²) >= 11 is 12.0. The van der Waals surface area contributed by atoms with E-state index in [4.69, 9.17) is 32.7 Å². The van der Waals surface area contributed by atoms with Crippen LogP contribution in [0, 0.1) is 23.3 Å². The van der Waals surface area contributed by atoms with E-state index >= 15 is 0 Å². The Hall–Kier alpha value is -3.18. The molecule has 0 spiro atoms. The van der Waals surface area contributed by atoms with Crippen LogP contribution >= 0.6 is 23.2 Å². The first kappa shape index (κ1) is 26.4. The van der Waals surface area contributed by atoms with Crippen molar-refractivity contribution in [3.05, 3.63) is 86.4 Å². The summed E-state index contributed by atoms with van der Waals surface area (Å²) in [5, 5.41) is 4.21. The van der Waals surface area contributed by atoms with Gasteiger partial charge in [-0.15, -0.1) is 0 Å². The lowest BCUT2D eigenvalue weighted by Crippen LogP contribution is -2.16. The normalized spacial score (nSPS) is 11.7. The quantitative estimate of drug-likeness (QED) is 0.145. The Morgan fingerprint density at radius 3 is 2.20 bits per heavy atom. The second kappa shape index (κ2) is 10.6. The van der Waals surface area contributed by atoms with Crippen LogP contribution in [0.5, 0.6) is 11.5 Å². The first-order valence-corrected chi connectivity index (χ1v) is 10.2. The van der Waals surface area contributed by atoms with E-state index in [0.29, 0.717) is 15.6 Å². The molecule has 0 aromatic heterocycles. The third-order valence-corrected chi connectivity index (χ3v) is 5.13. The maximum Gasteiger partial charge on any atom is 0.422 e. The van der Waals surface area contributed by atoms with Crippen LogP contribution < -0.4 is 14.9 Å². The lowest BCUT2D eigenvalue weighted by Gasteiger charge is -2.14. The number of halogens is 9. The van der Waals surface area contributed by atoms with Gasteiger partial charge in [0.05, 0.1) is 13.3 Å². The number of alkyl halides is 3. The van der Waals surface area contributed by atoms with Gasteiger partial charge in [0, 0.05) is 21.2 Å². The molecule has 0 saturated carbocycles. The van der Waals surface area contributed by atoms with Gasteiger partial charge in [-0.1, -0.05) is 35.3 Å². The molecule has 4 nitrogen and oxygen atoms in total. The summed E-state index contributed by atoms with van der Waals surface area (Å²) in [7, 11) is 1.34. The molecule has 0 aliphatic heterocycles. The number of anilines is 1. The van der Waals surface area contributed by atoms with Gasteiger partial charge >= 0.3 is 6.18 Å². The van der Waals surface area contributed by atoms with Gasteiger partial charge in [0.25, 0.3) is 0 Å². The molecule has 0 amide bonds. The van der Waals surface area contributed by atoms with Crippen molar-refractivity contribution in [2.24, 2.45) is 5.10 Å². The predicted octanol–water partition coefficient (Wildman–Crippen LogP) is 7.60. The fraction of sp³-hybridized carbons (Fsp3) is 0.136. The highest BCUT2D eigenvalue weighted by atomic mass is 35.5. The summed E-state index contributed by atoms with van der Waals surface area (Å²) in [5.74, 6) is -9.49. The molecule has 0 unspecified atom stereocenters. The van der Waals surface area contributed by atoms with Gasteiger partial charge in [-0.3, -0.25) is 5.43 Å². The molecule has 3 aromatic rings. The Morgan fingerprint density at radius 1 is 0.971 bits per heavy atom. The molecule has 0 aliphatic rings. The van der Waals surface area contributed by atoms with E-state index in [-0.39, 0.29) is 23.7 Å². The topological polar surface area (TPSA) is 42.8 Å². The van der Waals surface area contributed by atoms with Gasteiger partial charge in [-0.05, 0) is 24.3 Å². The van der Waals surface area contributed by atoms with Crippen LogP contribution in [0.2, 0.25) is 10.0 Å². The molecule has 0 saturated heterocycles. The summed E-state index contributed by atoms with van der Waals surface area (Å²) in [6, 6.07) is 9.21. The number of nitrogens with one attached hydrogen (secondary N) is 1. The van der Waals surface area contributed by atoms with Crippen LogP contribution in [-0.4, -0.2) is 13.3 Å². The molecule has 0 fully saturated rings. The van der Waals surface area contributed by atoms with Crippen molar-refractivity contribution in [3.63, 3.8) is 0 Å². The van der Waals surface area contributed by atoms with Gasteiger partial charge in [-0.25, -0.2) is 17.6 Å². The van der Waals surface area contributed by atoms with Crippen molar-refractivity contribution in [1.29, 1.82) is 0 Å². The first-order chi connectivity index (χ1) is 16.5. The van der Waals surface area contributed by atoms with Gasteiger partial charge in [0.2, 0.25) is 0 Å². The molecule has 0 bridgehead atoms. The highest BCUT2D eigenvalue weighted by Crippen LogP contribution is 2.38. The van der Waals surface area contributed by atoms with Crippen molar-refractivity contribution in [3.8, 4) is 11.5 Å². The minimum Gasteiger partial charge on any atom is -0.493 e. The Bertz CT molecular complexity index is 1250. The number of nitrogens with zero attached hydrogens (tertiary/aromatic N) is 1. The van der Waals surface area contributed by atoms with E-state index in [1.807, 2.05) is 0 Å². The summed E-state index contributed by atoms with van der Waals surface area (Å²) < 4.78 is 105. The third-order valence-electron chi connectivity index (χ3n) is 4.54. The van der Waals surface area contributed by atoms with Gasteiger partial charge < -0.3 is 9.47 Å². The molecule has 186 valence electrons. The second-order valence-corrected chi connectivity index (χ2v) is 7.62. The van der Waals surface area contributed by atoms with Gasteiger partial charge in [0.1, 0.15) is 17.9 Å². The van der Waals surface area contributed by atoms with Crippen LogP contribution in [0.15, 0.2) is 41.5 Å². The van der Waals surface area contributed by atoms with Crippen LogP contribution in [0.1, 0.15) is 16.7 Å². The summed E-state index contributed by atoms with van der Waals surface area (Å²) in [4.78, 5) is 0. The van der Waals surface area contributed by atoms with E-state index in [2.05, 4.69) is 5.10 Å². The minimum atomic E-state index is -5.66. The average Bonchev–Trinajstić information content (AvgIpc) is 2.79. The smallest absolute Gasteiger partial charge is 0.422 e. The third kappa shape index (κ3) is 5.73. The molecule has 3 rings (SSSR count). The number of benzene rings is 3. The zero-order chi connectivity index (χ0) is 25.9. The highest BCUT2D eigenvalue weighted by molar-refractivity contribution is 6.35. The number of para-hydroxylation sites is 1. The monoisotopic (exact) mass is 540 g/mol. The Labute approximate surface area is 203 Å². The number of hydrazone groups is 1. The molecular weight excluding hydrogens is 528 g/mol. The summed E-state index contributed by atoms with van der Waals surface area (Å²) in [5.41, 5.74) is -1.82. The van der Waals surface area contributed by atoms with Crippen molar-refractivity contribution in [2.45, 2.75) is 12.8 Å². The van der Waals surface area contributed by atoms with E-state index in [0.717, 1.165) is 6.21 Å². The molecule has 0 radical (unpaired) electrons. The van der Waals surface area contributed by atoms with E-state index < -0.39 is 40.7 Å². The van der Waals surface area contributed by atoms with E-state index in [9.17, 15) is 30.7 Å². The molecule has 13 heteroatoms. The molecule has 3 aromatic carbocycles. The van der Waals surface area contributed by atoms with E-state index in [1.165, 1.54) is 31.4 Å². The average molecular weight is 541 g/mol. The molecule has 0 heterocycles. The van der Waals surface area contributed by atoms with Crippen LogP contribution in [0.25, 0.3) is 0 Å². The van der Waals surface area contributed by atoms with Crippen LogP contribution in [0.4, 0.5) is 36.4 Å². The van der Waals surface area contributed by atoms with Crippen LogP contribution in [-0.2, 0) is 12.8 Å². The van der Waals surface area contributed by atoms with Crippen molar-refractivity contribution in [1.82, 2.24) is 0 Å². The fourth-order valence-corrected chi connectivity index (χ4v) is 3.35. The molecule has 0 aliphatic carbocycles. The minimum absolute atomic E-state index is 0.0524. The lowest BCUT2D eigenvalue weighted by molar-refractivity contribution is -0.143. The van der Waals surface area contributed by atoms with Crippen molar-refractivity contribution >= 4 is 35.1 Å². The number of hydrogen-bond donors (Lipinski definition) is 1. The van der Waals surface area contributed by atoms with Crippen LogP contribution in [0.3, 0.4) is 0 Å². The number of ether oxygens (including phenoxy) is 2.